The molecule has 0 aromatic heterocycles. The van der Waals surface area contributed by atoms with Crippen molar-refractivity contribution in [2.24, 2.45) is 11.8 Å². The lowest BCUT2D eigenvalue weighted by Gasteiger charge is -2.16. The molecule has 1 aromatic carbocycles. The summed E-state index contributed by atoms with van der Waals surface area (Å²) in [6.45, 7) is 4.56. The van der Waals surface area contributed by atoms with Crippen molar-refractivity contribution in [2.75, 3.05) is 6.54 Å². The Labute approximate surface area is 127 Å². The normalized spacial score (nSPS) is 24.1. The molecule has 2 N–H and O–H groups in total. The van der Waals surface area contributed by atoms with Crippen LogP contribution in [0.3, 0.4) is 0 Å². The second-order valence-electron chi connectivity index (χ2n) is 6.02. The minimum absolute atomic E-state index is 0.234. The lowest BCUT2D eigenvalue weighted by Crippen LogP contribution is -2.30. The molecule has 3 atom stereocenters. The van der Waals surface area contributed by atoms with E-state index in [4.69, 9.17) is 0 Å². The van der Waals surface area contributed by atoms with Crippen LogP contribution in [0.15, 0.2) is 29.2 Å². The topological polar surface area (TPSA) is 66.4 Å². The van der Waals surface area contributed by atoms with Gasteiger partial charge in [0, 0.05) is 6.54 Å². The zero-order chi connectivity index (χ0) is 15.5. The van der Waals surface area contributed by atoms with E-state index in [-0.39, 0.29) is 4.90 Å². The van der Waals surface area contributed by atoms with Crippen molar-refractivity contribution in [1.29, 1.82) is 0 Å². The van der Waals surface area contributed by atoms with Gasteiger partial charge in [-0.3, -0.25) is 0 Å². The largest absolute Gasteiger partial charge is 0.388 e. The zero-order valence-corrected chi connectivity index (χ0v) is 13.6. The molecular weight excluding hydrogens is 286 g/mol. The monoisotopic (exact) mass is 311 g/mol. The Morgan fingerprint density at radius 1 is 1.38 bits per heavy atom. The van der Waals surface area contributed by atoms with Crippen LogP contribution in [0.5, 0.6) is 0 Å². The van der Waals surface area contributed by atoms with E-state index in [9.17, 15) is 13.5 Å². The summed E-state index contributed by atoms with van der Waals surface area (Å²) in [6, 6.07) is 6.58. The first kappa shape index (κ1) is 16.5. The fraction of sp³-hybridized carbons (Fsp3) is 0.625. The van der Waals surface area contributed by atoms with E-state index in [1.165, 1.54) is 12.8 Å². The molecule has 0 amide bonds. The molecule has 0 aliphatic heterocycles. The average molecular weight is 311 g/mol. The van der Waals surface area contributed by atoms with E-state index < -0.39 is 16.1 Å². The van der Waals surface area contributed by atoms with E-state index in [0.717, 1.165) is 6.42 Å². The molecule has 118 valence electrons. The fourth-order valence-corrected chi connectivity index (χ4v) is 4.10. The van der Waals surface area contributed by atoms with Gasteiger partial charge in [-0.2, -0.15) is 0 Å². The van der Waals surface area contributed by atoms with Crippen LogP contribution in [0.25, 0.3) is 0 Å². The summed E-state index contributed by atoms with van der Waals surface area (Å²) >= 11 is 0. The van der Waals surface area contributed by atoms with Crippen LogP contribution in [-0.2, 0) is 10.0 Å². The molecule has 1 fully saturated rings. The summed E-state index contributed by atoms with van der Waals surface area (Å²) in [5.41, 5.74) is 0.648. The first-order valence-electron chi connectivity index (χ1n) is 7.71. The van der Waals surface area contributed by atoms with Crippen molar-refractivity contribution in [3.63, 3.8) is 0 Å². The van der Waals surface area contributed by atoms with Gasteiger partial charge >= 0.3 is 0 Å². The third-order valence-corrected chi connectivity index (χ3v) is 5.94. The van der Waals surface area contributed by atoms with Crippen LogP contribution in [0.1, 0.15) is 51.2 Å². The number of nitrogens with one attached hydrogen (secondary N) is 1. The minimum Gasteiger partial charge on any atom is -0.388 e. The van der Waals surface area contributed by atoms with Crippen molar-refractivity contribution in [1.82, 2.24) is 4.72 Å². The number of aliphatic hydroxyl groups excluding tert-OH is 1. The van der Waals surface area contributed by atoms with Gasteiger partial charge in [-0.05, 0) is 42.4 Å². The molecule has 21 heavy (non-hydrogen) atoms. The molecule has 3 unspecified atom stereocenters. The predicted octanol–water partition coefficient (Wildman–Crippen LogP) is 2.84. The molecule has 1 saturated carbocycles. The highest BCUT2D eigenvalue weighted by atomic mass is 32.2. The maximum Gasteiger partial charge on any atom is 0.240 e. The number of hydrogen-bond acceptors (Lipinski definition) is 3. The van der Waals surface area contributed by atoms with Gasteiger partial charge in [-0.1, -0.05) is 38.8 Å². The molecule has 4 nitrogen and oxygen atoms in total. The molecule has 0 radical (unpaired) electrons. The number of aliphatic hydroxyl groups is 1. The summed E-state index contributed by atoms with van der Waals surface area (Å²) < 4.78 is 27.5. The predicted molar refractivity (Wildman–Crippen MR) is 83.4 cm³/mol. The van der Waals surface area contributed by atoms with Gasteiger partial charge in [0.15, 0.2) is 0 Å². The molecule has 0 bridgehead atoms. The van der Waals surface area contributed by atoms with Crippen LogP contribution in [0.2, 0.25) is 0 Å². The third-order valence-electron chi connectivity index (χ3n) is 4.51. The summed E-state index contributed by atoms with van der Waals surface area (Å²) in [7, 11) is -3.50. The van der Waals surface area contributed by atoms with Crippen LogP contribution in [0, 0.1) is 11.8 Å². The smallest absolute Gasteiger partial charge is 0.240 e. The van der Waals surface area contributed by atoms with Crippen LogP contribution in [-0.4, -0.2) is 20.1 Å². The molecule has 1 aliphatic carbocycles. The Balaban J connectivity index is 2.08. The Hall–Kier alpha value is -0.910. The lowest BCUT2D eigenvalue weighted by atomic mass is 9.99. The van der Waals surface area contributed by atoms with Crippen molar-refractivity contribution < 1.29 is 13.5 Å². The molecule has 0 saturated heterocycles. The number of hydrogen-bond donors (Lipinski definition) is 2. The zero-order valence-electron chi connectivity index (χ0n) is 12.7. The van der Waals surface area contributed by atoms with Crippen molar-refractivity contribution in [3.05, 3.63) is 29.8 Å². The van der Waals surface area contributed by atoms with Crippen LogP contribution >= 0.6 is 0 Å². The highest BCUT2D eigenvalue weighted by Crippen LogP contribution is 2.30. The quantitative estimate of drug-likeness (QED) is 0.849. The first-order valence-corrected chi connectivity index (χ1v) is 9.20. The van der Waals surface area contributed by atoms with E-state index in [2.05, 4.69) is 11.6 Å². The minimum atomic E-state index is -3.50. The van der Waals surface area contributed by atoms with E-state index in [0.29, 0.717) is 30.4 Å². The van der Waals surface area contributed by atoms with Gasteiger partial charge in [0.2, 0.25) is 10.0 Å². The average Bonchev–Trinajstić information content (AvgIpc) is 2.90. The second-order valence-corrected chi connectivity index (χ2v) is 7.78. The molecular formula is C16H25NO3S. The van der Waals surface area contributed by atoms with Gasteiger partial charge in [0.25, 0.3) is 0 Å². The SMILES string of the molecule is CCC(O)c1cccc(S(=O)(=O)NCC2CCCC2C)c1. The van der Waals surface area contributed by atoms with E-state index >= 15 is 0 Å². The van der Waals surface area contributed by atoms with E-state index in [1.807, 2.05) is 6.92 Å². The molecule has 0 spiro atoms. The van der Waals surface area contributed by atoms with Gasteiger partial charge in [0.1, 0.15) is 0 Å². The first-order chi connectivity index (χ1) is 9.94. The number of rotatable bonds is 6. The summed E-state index contributed by atoms with van der Waals surface area (Å²) in [5, 5.41) is 9.84. The van der Waals surface area contributed by atoms with E-state index in [1.54, 1.807) is 24.3 Å². The van der Waals surface area contributed by atoms with Crippen molar-refractivity contribution in [3.8, 4) is 0 Å². The number of benzene rings is 1. The fourth-order valence-electron chi connectivity index (χ4n) is 2.95. The second kappa shape index (κ2) is 6.90. The van der Waals surface area contributed by atoms with Gasteiger partial charge in [-0.25, -0.2) is 13.1 Å². The van der Waals surface area contributed by atoms with Crippen molar-refractivity contribution >= 4 is 10.0 Å². The summed E-state index contributed by atoms with van der Waals surface area (Å²) in [4.78, 5) is 0.234. The molecule has 2 rings (SSSR count). The Bertz CT molecular complexity index is 571. The molecule has 5 heteroatoms. The van der Waals surface area contributed by atoms with Gasteiger partial charge < -0.3 is 5.11 Å². The Morgan fingerprint density at radius 2 is 2.14 bits per heavy atom. The Kier molecular flexibility index (Phi) is 5.41. The van der Waals surface area contributed by atoms with Crippen LogP contribution in [0.4, 0.5) is 0 Å². The standard InChI is InChI=1S/C16H25NO3S/c1-3-16(18)13-7-5-9-15(10-13)21(19,20)17-11-14-8-4-6-12(14)2/h5,7,9-10,12,14,16-18H,3-4,6,8,11H2,1-2H3. The van der Waals surface area contributed by atoms with Crippen LogP contribution < -0.4 is 4.72 Å². The van der Waals surface area contributed by atoms with Crippen molar-refractivity contribution in [2.45, 2.75) is 50.5 Å². The maximum absolute atomic E-state index is 12.4. The molecule has 1 aromatic rings. The maximum atomic E-state index is 12.4. The summed E-state index contributed by atoms with van der Waals surface area (Å²) in [6.07, 6.45) is 3.42. The molecule has 1 aliphatic rings. The summed E-state index contributed by atoms with van der Waals surface area (Å²) in [5.74, 6) is 1.02. The third kappa shape index (κ3) is 4.05. The molecule has 0 heterocycles. The Morgan fingerprint density at radius 3 is 2.76 bits per heavy atom. The highest BCUT2D eigenvalue weighted by molar-refractivity contribution is 7.89. The highest BCUT2D eigenvalue weighted by Gasteiger charge is 2.25. The van der Waals surface area contributed by atoms with Gasteiger partial charge in [0.05, 0.1) is 11.0 Å². The number of sulfonamides is 1. The lowest BCUT2D eigenvalue weighted by molar-refractivity contribution is 0.173. The van der Waals surface area contributed by atoms with Gasteiger partial charge in [-0.15, -0.1) is 0 Å².